The number of hydrogen-bond acceptors (Lipinski definition) is 7. The van der Waals surface area contributed by atoms with Gasteiger partial charge in [-0.05, 0) is 31.2 Å². The summed E-state index contributed by atoms with van der Waals surface area (Å²) < 4.78 is 5.02. The molecule has 27 heavy (non-hydrogen) atoms. The number of hydrogen-bond donors (Lipinski definition) is 1. The van der Waals surface area contributed by atoms with Gasteiger partial charge in [0.15, 0.2) is 5.82 Å². The first-order chi connectivity index (χ1) is 13.2. The molecule has 1 aliphatic heterocycles. The fourth-order valence-corrected chi connectivity index (χ4v) is 3.01. The fourth-order valence-electron chi connectivity index (χ4n) is 3.01. The number of amides is 1. The van der Waals surface area contributed by atoms with Gasteiger partial charge in [0.2, 0.25) is 0 Å². The Hall–Kier alpha value is -3.42. The van der Waals surface area contributed by atoms with E-state index in [-0.39, 0.29) is 5.91 Å². The molecular formula is C19H20N6O2. The highest BCUT2D eigenvalue weighted by atomic mass is 16.5. The molecule has 8 heteroatoms. The van der Waals surface area contributed by atoms with Gasteiger partial charge in [0, 0.05) is 38.4 Å². The van der Waals surface area contributed by atoms with Gasteiger partial charge < -0.3 is 19.6 Å². The molecule has 1 aliphatic rings. The largest absolute Gasteiger partial charge is 0.360 e. The lowest BCUT2D eigenvalue weighted by molar-refractivity contribution is 0.0740. The molecule has 4 heterocycles. The average molecular weight is 364 g/mol. The Labute approximate surface area is 156 Å². The van der Waals surface area contributed by atoms with E-state index in [2.05, 4.69) is 25.3 Å². The van der Waals surface area contributed by atoms with Crippen LogP contribution in [0.15, 0.2) is 53.3 Å². The number of anilines is 3. The van der Waals surface area contributed by atoms with Crippen LogP contribution in [0.5, 0.6) is 0 Å². The normalized spacial score (nSPS) is 14.3. The lowest BCUT2D eigenvalue weighted by Crippen LogP contribution is -2.49. The molecule has 1 amide bonds. The summed E-state index contributed by atoms with van der Waals surface area (Å²) in [5.74, 6) is 2.22. The van der Waals surface area contributed by atoms with Crippen molar-refractivity contribution in [2.45, 2.75) is 6.92 Å². The van der Waals surface area contributed by atoms with Gasteiger partial charge in [-0.1, -0.05) is 11.2 Å². The van der Waals surface area contributed by atoms with Crippen molar-refractivity contribution >= 4 is 23.2 Å². The number of pyridine rings is 2. The van der Waals surface area contributed by atoms with E-state index in [9.17, 15) is 4.79 Å². The molecule has 0 aromatic carbocycles. The van der Waals surface area contributed by atoms with Gasteiger partial charge in [-0.25, -0.2) is 9.97 Å². The SMILES string of the molecule is Cc1cc(Nc2ccc(C(=O)N3CCN(c4ccccn4)CC3)nc2)no1. The molecule has 3 aromatic heterocycles. The minimum atomic E-state index is -0.0560. The lowest BCUT2D eigenvalue weighted by atomic mass is 10.2. The van der Waals surface area contributed by atoms with Crippen molar-refractivity contribution in [1.29, 1.82) is 0 Å². The molecule has 1 fully saturated rings. The Bertz CT molecular complexity index is 901. The zero-order valence-electron chi connectivity index (χ0n) is 15.0. The maximum absolute atomic E-state index is 12.7. The van der Waals surface area contributed by atoms with Gasteiger partial charge in [0.25, 0.3) is 5.91 Å². The molecule has 0 bridgehead atoms. The van der Waals surface area contributed by atoms with Crippen LogP contribution in [0.2, 0.25) is 0 Å². The molecule has 8 nitrogen and oxygen atoms in total. The maximum Gasteiger partial charge on any atom is 0.272 e. The Morgan fingerprint density at radius 1 is 1.11 bits per heavy atom. The summed E-state index contributed by atoms with van der Waals surface area (Å²) in [6.45, 7) is 4.64. The van der Waals surface area contributed by atoms with Crippen LogP contribution in [0.1, 0.15) is 16.2 Å². The predicted octanol–water partition coefficient (Wildman–Crippen LogP) is 2.48. The minimum absolute atomic E-state index is 0.0560. The highest BCUT2D eigenvalue weighted by Gasteiger charge is 2.23. The summed E-state index contributed by atoms with van der Waals surface area (Å²) in [6.07, 6.45) is 3.41. The van der Waals surface area contributed by atoms with E-state index >= 15 is 0 Å². The summed E-state index contributed by atoms with van der Waals surface area (Å²) in [7, 11) is 0. The van der Waals surface area contributed by atoms with E-state index in [0.29, 0.717) is 24.6 Å². The summed E-state index contributed by atoms with van der Waals surface area (Å²) in [4.78, 5) is 25.4. The van der Waals surface area contributed by atoms with Crippen LogP contribution >= 0.6 is 0 Å². The third-order valence-electron chi connectivity index (χ3n) is 4.42. The third kappa shape index (κ3) is 3.89. The van der Waals surface area contributed by atoms with Gasteiger partial charge in [0.1, 0.15) is 17.3 Å². The van der Waals surface area contributed by atoms with E-state index in [1.54, 1.807) is 24.5 Å². The fraction of sp³-hybridized carbons (Fsp3) is 0.263. The van der Waals surface area contributed by atoms with Crippen molar-refractivity contribution in [3.63, 3.8) is 0 Å². The number of nitrogens with one attached hydrogen (secondary N) is 1. The van der Waals surface area contributed by atoms with E-state index in [1.165, 1.54) is 0 Å². The first-order valence-electron chi connectivity index (χ1n) is 8.81. The first kappa shape index (κ1) is 17.0. The van der Waals surface area contributed by atoms with Gasteiger partial charge in [-0.15, -0.1) is 0 Å². The number of aryl methyl sites for hydroxylation is 1. The van der Waals surface area contributed by atoms with Gasteiger partial charge in [-0.3, -0.25) is 4.79 Å². The standard InChI is InChI=1S/C19H20N6O2/c1-14-12-17(23-27-14)22-15-5-6-16(21-13-15)19(26)25-10-8-24(9-11-25)18-4-2-3-7-20-18/h2-7,12-13H,8-11H2,1H3,(H,22,23). The first-order valence-corrected chi connectivity index (χ1v) is 8.81. The molecule has 0 saturated carbocycles. The number of carbonyl (C=O) groups excluding carboxylic acids is 1. The molecule has 0 aliphatic carbocycles. The van der Waals surface area contributed by atoms with Gasteiger partial charge >= 0.3 is 0 Å². The molecule has 4 rings (SSSR count). The van der Waals surface area contributed by atoms with E-state index in [1.807, 2.05) is 36.1 Å². The average Bonchev–Trinajstić information content (AvgIpc) is 3.13. The lowest BCUT2D eigenvalue weighted by Gasteiger charge is -2.35. The van der Waals surface area contributed by atoms with Crippen LogP contribution in [0, 0.1) is 6.92 Å². The third-order valence-corrected chi connectivity index (χ3v) is 4.42. The molecule has 1 N–H and O–H groups in total. The summed E-state index contributed by atoms with van der Waals surface area (Å²) >= 11 is 0. The molecule has 0 unspecified atom stereocenters. The van der Waals surface area contributed by atoms with E-state index in [0.717, 1.165) is 30.4 Å². The number of piperazine rings is 1. The molecule has 0 atom stereocenters. The van der Waals surface area contributed by atoms with Crippen molar-refractivity contribution < 1.29 is 9.32 Å². The number of rotatable bonds is 4. The number of carbonyl (C=O) groups is 1. The van der Waals surface area contributed by atoms with Crippen molar-refractivity contribution in [1.82, 2.24) is 20.0 Å². The summed E-state index contributed by atoms with van der Waals surface area (Å²) in [6, 6.07) is 11.2. The predicted molar refractivity (Wildman–Crippen MR) is 101 cm³/mol. The Morgan fingerprint density at radius 3 is 2.59 bits per heavy atom. The Kier molecular flexibility index (Phi) is 4.69. The quantitative estimate of drug-likeness (QED) is 0.761. The van der Waals surface area contributed by atoms with Gasteiger partial charge in [0.05, 0.1) is 11.9 Å². The van der Waals surface area contributed by atoms with E-state index in [4.69, 9.17) is 4.52 Å². The van der Waals surface area contributed by atoms with E-state index < -0.39 is 0 Å². The molecule has 0 spiro atoms. The highest BCUT2D eigenvalue weighted by Crippen LogP contribution is 2.17. The van der Waals surface area contributed by atoms with Crippen LogP contribution < -0.4 is 10.2 Å². The van der Waals surface area contributed by atoms with Crippen molar-refractivity contribution in [3.8, 4) is 0 Å². The van der Waals surface area contributed by atoms with Crippen LogP contribution in [0.4, 0.5) is 17.3 Å². The second-order valence-corrected chi connectivity index (χ2v) is 6.35. The highest BCUT2D eigenvalue weighted by molar-refractivity contribution is 5.92. The number of nitrogens with zero attached hydrogens (tertiary/aromatic N) is 5. The number of aromatic nitrogens is 3. The Morgan fingerprint density at radius 2 is 1.96 bits per heavy atom. The molecule has 0 radical (unpaired) electrons. The van der Waals surface area contributed by atoms with Crippen LogP contribution in [-0.4, -0.2) is 52.1 Å². The van der Waals surface area contributed by atoms with Crippen LogP contribution in [-0.2, 0) is 0 Å². The van der Waals surface area contributed by atoms with Crippen molar-refractivity contribution in [2.75, 3.05) is 36.4 Å². The second-order valence-electron chi connectivity index (χ2n) is 6.35. The second kappa shape index (κ2) is 7.45. The maximum atomic E-state index is 12.7. The van der Waals surface area contributed by atoms with Crippen molar-refractivity contribution in [3.05, 3.63) is 60.2 Å². The zero-order valence-corrected chi connectivity index (χ0v) is 15.0. The molecule has 138 valence electrons. The van der Waals surface area contributed by atoms with Crippen molar-refractivity contribution in [2.24, 2.45) is 0 Å². The van der Waals surface area contributed by atoms with Gasteiger partial charge in [-0.2, -0.15) is 0 Å². The molecule has 3 aromatic rings. The monoisotopic (exact) mass is 364 g/mol. The molecule has 1 saturated heterocycles. The van der Waals surface area contributed by atoms with Crippen LogP contribution in [0.3, 0.4) is 0 Å². The molecular weight excluding hydrogens is 344 g/mol. The smallest absolute Gasteiger partial charge is 0.272 e. The topological polar surface area (TPSA) is 87.4 Å². The summed E-state index contributed by atoms with van der Waals surface area (Å²) in [5, 5.41) is 6.96. The summed E-state index contributed by atoms with van der Waals surface area (Å²) in [5.41, 5.74) is 1.18. The minimum Gasteiger partial charge on any atom is -0.360 e. The van der Waals surface area contributed by atoms with Crippen LogP contribution in [0.25, 0.3) is 0 Å². The Balaban J connectivity index is 1.36. The zero-order chi connectivity index (χ0) is 18.6.